The van der Waals surface area contributed by atoms with Crippen LogP contribution in [0.3, 0.4) is 0 Å². The summed E-state index contributed by atoms with van der Waals surface area (Å²) in [6.45, 7) is 9.73. The predicted octanol–water partition coefficient (Wildman–Crippen LogP) is 1.66. The van der Waals surface area contributed by atoms with Gasteiger partial charge in [-0.1, -0.05) is 0 Å². The number of nitrogens with zero attached hydrogens (tertiary/aromatic N) is 5. The monoisotopic (exact) mass is 368 g/mol. The van der Waals surface area contributed by atoms with Crippen LogP contribution in [-0.2, 0) is 6.54 Å². The number of amides is 1. The Morgan fingerprint density at radius 2 is 2.04 bits per heavy atom. The summed E-state index contributed by atoms with van der Waals surface area (Å²) in [5.41, 5.74) is -0.404. The van der Waals surface area contributed by atoms with Crippen molar-refractivity contribution < 1.29 is 9.90 Å². The van der Waals surface area contributed by atoms with Crippen LogP contribution >= 0.6 is 11.6 Å². The minimum atomic E-state index is -1.24. The number of carbonyl (C=O) groups is 1. The molecule has 2 rings (SSSR count). The van der Waals surface area contributed by atoms with Gasteiger partial charge >= 0.3 is 0 Å². The summed E-state index contributed by atoms with van der Waals surface area (Å²) >= 11 is 6.18. The Morgan fingerprint density at radius 1 is 1.40 bits per heavy atom. The van der Waals surface area contributed by atoms with E-state index in [0.29, 0.717) is 17.5 Å². The molecule has 2 aromatic heterocycles. The van der Waals surface area contributed by atoms with E-state index in [1.165, 1.54) is 15.7 Å². The van der Waals surface area contributed by atoms with Gasteiger partial charge in [-0.15, -0.1) is 0 Å². The topological polar surface area (TPSA) is 96.1 Å². The smallest absolute Gasteiger partial charge is 0.265 e. The molecule has 138 valence electrons. The molecule has 25 heavy (non-hydrogen) atoms. The van der Waals surface area contributed by atoms with Crippen LogP contribution in [0.4, 0.5) is 4.79 Å². The van der Waals surface area contributed by atoms with E-state index in [1.54, 1.807) is 25.5 Å². The van der Waals surface area contributed by atoms with Gasteiger partial charge in [0.05, 0.1) is 6.20 Å². The lowest BCUT2D eigenvalue weighted by Crippen LogP contribution is -2.52. The average Bonchev–Trinajstić information content (AvgIpc) is 2.88. The highest BCUT2D eigenvalue weighted by atomic mass is 35.5. The van der Waals surface area contributed by atoms with Crippen molar-refractivity contribution in [2.45, 2.75) is 59.2 Å². The molecule has 0 aliphatic heterocycles. The maximum atomic E-state index is 12.6. The molecule has 9 heteroatoms. The number of hydrogen-bond donors (Lipinski definition) is 0. The number of aromatic nitrogens is 4. The summed E-state index contributed by atoms with van der Waals surface area (Å²) in [6, 6.07) is 0.0553. The largest absolute Gasteiger partial charge is 0.530 e. The molecular formula is C16H23ClN5O3-. The van der Waals surface area contributed by atoms with Crippen molar-refractivity contribution in [2.24, 2.45) is 0 Å². The molecule has 0 aliphatic rings. The standard InChI is InChI=1S/C16H24ClN5O3/c1-10(2)22-12-11(9-18-22)13(23)20(14(17)19-12)7-6-8-21(15(24)25)16(3,4)5/h9-10H,6-8H2,1-5H3,(H,24,25)/p-1. The number of carboxylic acid groups (broad SMARTS) is 1. The molecule has 0 fully saturated rings. The first-order valence-electron chi connectivity index (χ1n) is 8.16. The van der Waals surface area contributed by atoms with Crippen molar-refractivity contribution in [2.75, 3.05) is 6.54 Å². The fourth-order valence-electron chi connectivity index (χ4n) is 2.65. The Bertz CT molecular complexity index is 835. The van der Waals surface area contributed by atoms with Crippen LogP contribution in [0.5, 0.6) is 0 Å². The lowest BCUT2D eigenvalue weighted by molar-refractivity contribution is -0.270. The highest BCUT2D eigenvalue weighted by molar-refractivity contribution is 6.28. The van der Waals surface area contributed by atoms with Gasteiger partial charge in [-0.3, -0.25) is 9.36 Å². The number of fused-ring (bicyclic) bond motifs is 1. The molecule has 2 aromatic rings. The van der Waals surface area contributed by atoms with Crippen LogP contribution in [-0.4, -0.2) is 42.4 Å². The Kier molecular flexibility index (Phi) is 5.41. The van der Waals surface area contributed by atoms with Crippen LogP contribution in [0.1, 0.15) is 47.1 Å². The lowest BCUT2D eigenvalue weighted by Gasteiger charge is -2.38. The van der Waals surface area contributed by atoms with Crippen molar-refractivity contribution in [3.05, 3.63) is 21.8 Å². The minimum Gasteiger partial charge on any atom is -0.530 e. The zero-order valence-corrected chi connectivity index (χ0v) is 15.9. The second kappa shape index (κ2) is 7.03. The zero-order valence-electron chi connectivity index (χ0n) is 15.1. The molecule has 0 N–H and O–H groups in total. The van der Waals surface area contributed by atoms with Crippen LogP contribution in [0.25, 0.3) is 11.0 Å². The molecule has 0 aromatic carbocycles. The molecule has 0 saturated carbocycles. The summed E-state index contributed by atoms with van der Waals surface area (Å²) in [5, 5.41) is 15.9. The average molecular weight is 369 g/mol. The number of carbonyl (C=O) groups excluding carboxylic acids is 1. The third kappa shape index (κ3) is 3.95. The normalized spacial score (nSPS) is 12.1. The first-order chi connectivity index (χ1) is 11.5. The Balaban J connectivity index is 2.25. The van der Waals surface area contributed by atoms with Crippen molar-refractivity contribution in [1.29, 1.82) is 0 Å². The van der Waals surface area contributed by atoms with Gasteiger partial charge in [-0.05, 0) is 52.6 Å². The van der Waals surface area contributed by atoms with Gasteiger partial charge in [0.25, 0.3) is 5.56 Å². The first kappa shape index (κ1) is 19.2. The van der Waals surface area contributed by atoms with E-state index in [1.807, 2.05) is 13.8 Å². The summed E-state index contributed by atoms with van der Waals surface area (Å²) in [6.07, 6.45) is 0.661. The number of hydrogen-bond acceptors (Lipinski definition) is 5. The molecule has 2 heterocycles. The zero-order chi connectivity index (χ0) is 18.9. The predicted molar refractivity (Wildman–Crippen MR) is 93.7 cm³/mol. The molecule has 1 amide bonds. The second-order valence-corrected chi connectivity index (χ2v) is 7.54. The van der Waals surface area contributed by atoms with E-state index < -0.39 is 11.6 Å². The van der Waals surface area contributed by atoms with Crippen molar-refractivity contribution in [1.82, 2.24) is 24.2 Å². The number of halogens is 1. The van der Waals surface area contributed by atoms with Crippen LogP contribution in [0, 0.1) is 0 Å². The second-order valence-electron chi connectivity index (χ2n) is 7.20. The Labute approximate surface area is 151 Å². The molecule has 0 bridgehead atoms. The molecule has 0 atom stereocenters. The molecule has 0 spiro atoms. The van der Waals surface area contributed by atoms with Crippen molar-refractivity contribution >= 4 is 28.7 Å². The first-order valence-corrected chi connectivity index (χ1v) is 8.54. The van der Waals surface area contributed by atoms with E-state index in [2.05, 4.69) is 10.1 Å². The van der Waals surface area contributed by atoms with Crippen LogP contribution in [0.2, 0.25) is 5.28 Å². The molecular weight excluding hydrogens is 346 g/mol. The SMILES string of the molecule is CC(C)n1ncc2c(=O)n(CCCN(C(=O)[O-])C(C)(C)C)c(Cl)nc21. The fraction of sp³-hybridized carbons (Fsp3) is 0.625. The van der Waals surface area contributed by atoms with Gasteiger partial charge in [0, 0.05) is 24.7 Å². The molecule has 8 nitrogen and oxygen atoms in total. The van der Waals surface area contributed by atoms with Crippen molar-refractivity contribution in [3.8, 4) is 0 Å². The van der Waals surface area contributed by atoms with Gasteiger partial charge in [0.15, 0.2) is 5.65 Å². The molecule has 0 radical (unpaired) electrons. The fourth-order valence-corrected chi connectivity index (χ4v) is 2.90. The van der Waals surface area contributed by atoms with Crippen LogP contribution in [0.15, 0.2) is 11.0 Å². The molecule has 0 unspecified atom stereocenters. The van der Waals surface area contributed by atoms with Gasteiger partial charge in [0.1, 0.15) is 11.5 Å². The van der Waals surface area contributed by atoms with Gasteiger partial charge in [0.2, 0.25) is 5.28 Å². The van der Waals surface area contributed by atoms with E-state index >= 15 is 0 Å². The third-order valence-corrected chi connectivity index (χ3v) is 4.24. The highest BCUT2D eigenvalue weighted by Crippen LogP contribution is 2.17. The Morgan fingerprint density at radius 3 is 2.56 bits per heavy atom. The quantitative estimate of drug-likeness (QED) is 0.748. The summed E-state index contributed by atoms with van der Waals surface area (Å²) in [5.74, 6) is 0. The molecule has 0 aliphatic carbocycles. The van der Waals surface area contributed by atoms with E-state index in [0.717, 1.165) is 0 Å². The maximum absolute atomic E-state index is 12.6. The van der Waals surface area contributed by atoms with E-state index in [-0.39, 0.29) is 30.0 Å². The summed E-state index contributed by atoms with van der Waals surface area (Å²) in [7, 11) is 0. The van der Waals surface area contributed by atoms with Gasteiger partial charge < -0.3 is 14.8 Å². The van der Waals surface area contributed by atoms with Crippen molar-refractivity contribution in [3.63, 3.8) is 0 Å². The minimum absolute atomic E-state index is 0.0553. The maximum Gasteiger partial charge on any atom is 0.265 e. The summed E-state index contributed by atoms with van der Waals surface area (Å²) in [4.78, 5) is 29.4. The third-order valence-electron chi connectivity index (χ3n) is 3.95. The number of rotatable bonds is 5. The highest BCUT2D eigenvalue weighted by Gasteiger charge is 2.21. The van der Waals surface area contributed by atoms with E-state index in [4.69, 9.17) is 11.6 Å². The van der Waals surface area contributed by atoms with E-state index in [9.17, 15) is 14.7 Å². The van der Waals surface area contributed by atoms with Crippen LogP contribution < -0.4 is 10.7 Å². The van der Waals surface area contributed by atoms with Gasteiger partial charge in [-0.25, -0.2) is 4.68 Å². The molecule has 0 saturated heterocycles. The van der Waals surface area contributed by atoms with Gasteiger partial charge in [-0.2, -0.15) is 10.1 Å². The lowest BCUT2D eigenvalue weighted by atomic mass is 10.1. The Hall–Kier alpha value is -2.09. The summed E-state index contributed by atoms with van der Waals surface area (Å²) < 4.78 is 2.98.